The van der Waals surface area contributed by atoms with Gasteiger partial charge in [-0.15, -0.1) is 23.7 Å². The van der Waals surface area contributed by atoms with Crippen molar-refractivity contribution in [3.05, 3.63) is 45.0 Å². The topological polar surface area (TPSA) is 39.2 Å². The van der Waals surface area contributed by atoms with Gasteiger partial charge >= 0.3 is 0 Å². The van der Waals surface area contributed by atoms with Crippen LogP contribution in [-0.4, -0.2) is 0 Å². The second-order valence-electron chi connectivity index (χ2n) is 2.63. The van der Waals surface area contributed by atoms with E-state index in [1.807, 2.05) is 29.6 Å². The van der Waals surface area contributed by atoms with Gasteiger partial charge in [-0.25, -0.2) is 0 Å². The molecule has 5 heteroatoms. The van der Waals surface area contributed by atoms with Crippen molar-refractivity contribution in [3.63, 3.8) is 0 Å². The minimum atomic E-state index is -0.147. The summed E-state index contributed by atoms with van der Waals surface area (Å²) in [6.45, 7) is 0. The van der Waals surface area contributed by atoms with E-state index in [1.165, 1.54) is 0 Å². The maximum absolute atomic E-state index is 5.97. The highest BCUT2D eigenvalue weighted by atomic mass is 79.9. The summed E-state index contributed by atoms with van der Waals surface area (Å²) >= 11 is 4.88. The molecule has 76 valence electrons. The highest BCUT2D eigenvalue weighted by Crippen LogP contribution is 2.26. The lowest BCUT2D eigenvalue weighted by molar-refractivity contribution is 0.472. The molecular weight excluding hydrogens is 286 g/mol. The van der Waals surface area contributed by atoms with Crippen molar-refractivity contribution in [2.45, 2.75) is 6.04 Å². The summed E-state index contributed by atoms with van der Waals surface area (Å²) in [5, 5.41) is 2.01. The van der Waals surface area contributed by atoms with Crippen LogP contribution in [0.3, 0.4) is 0 Å². The molecule has 14 heavy (non-hydrogen) atoms. The van der Waals surface area contributed by atoms with Gasteiger partial charge in [-0.05, 0) is 39.5 Å². The Morgan fingerprint density at radius 1 is 1.36 bits per heavy atom. The van der Waals surface area contributed by atoms with Gasteiger partial charge in [0.1, 0.15) is 5.76 Å². The van der Waals surface area contributed by atoms with E-state index in [9.17, 15) is 0 Å². The van der Waals surface area contributed by atoms with Crippen LogP contribution in [0, 0.1) is 0 Å². The predicted molar refractivity (Wildman–Crippen MR) is 64.0 cm³/mol. The van der Waals surface area contributed by atoms with Crippen LogP contribution in [0.4, 0.5) is 0 Å². The molecule has 0 aliphatic rings. The van der Waals surface area contributed by atoms with E-state index >= 15 is 0 Å². The fourth-order valence-electron chi connectivity index (χ4n) is 1.10. The van der Waals surface area contributed by atoms with Gasteiger partial charge in [-0.1, -0.05) is 6.07 Å². The molecule has 2 nitrogen and oxygen atoms in total. The molecule has 0 unspecified atom stereocenters. The maximum atomic E-state index is 5.97. The molecule has 0 fully saturated rings. The first-order valence-corrected chi connectivity index (χ1v) is 5.49. The predicted octanol–water partition coefficient (Wildman–Crippen LogP) is 3.57. The number of hydrogen-bond acceptors (Lipinski definition) is 3. The smallest absolute Gasteiger partial charge is 0.169 e. The van der Waals surface area contributed by atoms with Crippen molar-refractivity contribution in [1.82, 2.24) is 0 Å². The lowest BCUT2D eigenvalue weighted by Crippen LogP contribution is -2.08. The molecule has 2 heterocycles. The average Bonchev–Trinajstić information content (AvgIpc) is 2.72. The molecule has 2 N–H and O–H groups in total. The van der Waals surface area contributed by atoms with Gasteiger partial charge in [0.25, 0.3) is 0 Å². The number of nitrogens with two attached hydrogens (primary N) is 1. The lowest BCUT2D eigenvalue weighted by Gasteiger charge is -2.04. The van der Waals surface area contributed by atoms with E-state index in [4.69, 9.17) is 10.2 Å². The fourth-order valence-corrected chi connectivity index (χ4v) is 2.16. The van der Waals surface area contributed by atoms with E-state index in [2.05, 4.69) is 15.9 Å². The van der Waals surface area contributed by atoms with Gasteiger partial charge in [0.2, 0.25) is 0 Å². The Morgan fingerprint density at radius 3 is 2.64 bits per heavy atom. The van der Waals surface area contributed by atoms with Crippen LogP contribution in [0.15, 0.2) is 38.7 Å². The molecule has 0 spiro atoms. The molecule has 2 aromatic rings. The summed E-state index contributed by atoms with van der Waals surface area (Å²) in [4.78, 5) is 1.11. The van der Waals surface area contributed by atoms with Crippen LogP contribution < -0.4 is 5.73 Å². The molecule has 0 saturated heterocycles. The number of furan rings is 1. The van der Waals surface area contributed by atoms with Crippen molar-refractivity contribution in [1.29, 1.82) is 0 Å². The molecule has 0 saturated carbocycles. The van der Waals surface area contributed by atoms with Crippen LogP contribution in [0.1, 0.15) is 16.7 Å². The molecule has 0 bridgehead atoms. The fraction of sp³-hybridized carbons (Fsp3) is 0.111. The Bertz CT molecular complexity index is 387. The monoisotopic (exact) mass is 293 g/mol. The molecule has 2 aromatic heterocycles. The number of hydrogen-bond donors (Lipinski definition) is 1. The standard InChI is InChI=1S/C9H8BrNOS.ClH/c10-8-4-3-6(12-8)9(11)7-2-1-5-13-7;/h1-5,9H,11H2;1H/t9-;/m1./s1. The van der Waals surface area contributed by atoms with E-state index in [1.54, 1.807) is 11.3 Å². The molecular formula is C9H9BrClNOS. The normalized spacial score (nSPS) is 12.1. The van der Waals surface area contributed by atoms with Crippen LogP contribution in [0.25, 0.3) is 0 Å². The van der Waals surface area contributed by atoms with Crippen LogP contribution in [0.2, 0.25) is 0 Å². The van der Waals surface area contributed by atoms with E-state index in [-0.39, 0.29) is 18.4 Å². The zero-order chi connectivity index (χ0) is 9.26. The first-order valence-electron chi connectivity index (χ1n) is 3.81. The van der Waals surface area contributed by atoms with Crippen LogP contribution in [-0.2, 0) is 0 Å². The van der Waals surface area contributed by atoms with Gasteiger partial charge < -0.3 is 10.2 Å². The third-order valence-electron chi connectivity index (χ3n) is 1.75. The highest BCUT2D eigenvalue weighted by molar-refractivity contribution is 9.10. The number of halogens is 2. The van der Waals surface area contributed by atoms with Crippen molar-refractivity contribution in [2.24, 2.45) is 5.73 Å². The minimum absolute atomic E-state index is 0. The van der Waals surface area contributed by atoms with Gasteiger partial charge in [-0.2, -0.15) is 0 Å². The van der Waals surface area contributed by atoms with Crippen molar-refractivity contribution < 1.29 is 4.42 Å². The summed E-state index contributed by atoms with van der Waals surface area (Å²) in [6, 6.07) is 7.58. The first-order chi connectivity index (χ1) is 6.27. The Hall–Kier alpha value is -0.290. The number of rotatable bonds is 2. The molecule has 0 aliphatic heterocycles. The van der Waals surface area contributed by atoms with Gasteiger partial charge in [-0.3, -0.25) is 0 Å². The second-order valence-corrected chi connectivity index (χ2v) is 4.40. The molecule has 1 atom stereocenters. The molecule has 0 aliphatic carbocycles. The zero-order valence-corrected chi connectivity index (χ0v) is 10.4. The summed E-state index contributed by atoms with van der Waals surface area (Å²) < 4.78 is 6.08. The SMILES string of the molecule is Cl.N[C@H](c1ccc(Br)o1)c1cccs1. The Kier molecular flexibility index (Phi) is 4.19. The summed E-state index contributed by atoms with van der Waals surface area (Å²) in [6.07, 6.45) is 0. The van der Waals surface area contributed by atoms with Crippen molar-refractivity contribution >= 4 is 39.7 Å². The van der Waals surface area contributed by atoms with Crippen molar-refractivity contribution in [2.75, 3.05) is 0 Å². The quantitative estimate of drug-likeness (QED) is 0.919. The molecule has 2 rings (SSSR count). The molecule has 0 radical (unpaired) electrons. The summed E-state index contributed by atoms with van der Waals surface area (Å²) in [5.41, 5.74) is 5.97. The third-order valence-corrected chi connectivity index (χ3v) is 3.13. The lowest BCUT2D eigenvalue weighted by atomic mass is 10.2. The number of thiophene rings is 1. The zero-order valence-electron chi connectivity index (χ0n) is 7.14. The Labute approximate surface area is 101 Å². The van der Waals surface area contributed by atoms with Gasteiger partial charge in [0.05, 0.1) is 6.04 Å². The second kappa shape index (κ2) is 4.98. The summed E-state index contributed by atoms with van der Waals surface area (Å²) in [5.74, 6) is 0.786. The average molecular weight is 295 g/mol. The third kappa shape index (κ3) is 2.39. The highest BCUT2D eigenvalue weighted by Gasteiger charge is 2.13. The van der Waals surface area contributed by atoms with Crippen LogP contribution in [0.5, 0.6) is 0 Å². The maximum Gasteiger partial charge on any atom is 0.169 e. The molecule has 0 amide bonds. The Morgan fingerprint density at radius 2 is 2.14 bits per heavy atom. The largest absolute Gasteiger partial charge is 0.452 e. The first kappa shape index (κ1) is 11.8. The van der Waals surface area contributed by atoms with Gasteiger partial charge in [0, 0.05) is 4.88 Å². The van der Waals surface area contributed by atoms with E-state index in [0.29, 0.717) is 0 Å². The van der Waals surface area contributed by atoms with E-state index in [0.717, 1.165) is 15.3 Å². The minimum Gasteiger partial charge on any atom is -0.452 e. The van der Waals surface area contributed by atoms with Crippen molar-refractivity contribution in [3.8, 4) is 0 Å². The van der Waals surface area contributed by atoms with Crippen LogP contribution >= 0.6 is 39.7 Å². The summed E-state index contributed by atoms with van der Waals surface area (Å²) in [7, 11) is 0. The Balaban J connectivity index is 0.000000980. The molecule has 0 aromatic carbocycles. The van der Waals surface area contributed by atoms with E-state index < -0.39 is 0 Å². The van der Waals surface area contributed by atoms with Gasteiger partial charge in [0.15, 0.2) is 4.67 Å².